The number of nitrogens with one attached hydrogen (secondary N) is 23. The molecule has 0 saturated carbocycles. The average molecular weight is 1880 g/mol. The number of H-pyrrole nitrogens is 2. The van der Waals surface area contributed by atoms with Crippen LogP contribution in [0.2, 0.25) is 0 Å². The Morgan fingerprint density at radius 1 is 0.362 bits per heavy atom. The summed E-state index contributed by atoms with van der Waals surface area (Å²) < 4.78 is 0. The molecule has 2 heterocycles. The minimum Gasteiger partial charge on any atom is -0.480 e. The molecule has 4 rings (SSSR count). The Morgan fingerprint density at radius 2 is 0.662 bits per heavy atom. The Hall–Kier alpha value is -12.2. The zero-order chi connectivity index (χ0) is 97.2. The standard InChI is InChI=1S/C81H129N27O19S3/c1-39(2)26-52(70(119)101-54(28-43-30-92-47-18-11-9-16-45(43)47)72(121)97-50(21-14-24-90-80(85)86)68(117)100-55(29-44-31-93-48-19-12-10-17-46(44)48)73(122)103-57(35-110)75(124)106-59(37-129)66(115)95-33-62(112)113)99-67(116)49(20-13-23-89-79(83)84)96-61(111)32-94-65(114)58(36-128)105-69(118)51(22-15-25-91-81(87)88)98-74(123)56(34-109)104-76(125)60(38-130)107-71(120)53(27-40(3)4)102-78(127)64(42(7)8)108-77(126)63(82)41(5)6/h9-12,16-19,30-31,39-42,49-60,63-64,92-93,109-110,128-130H,13-15,20-29,32-38,82H2,1-8H3,(H,94,114)(H,95,115)(H,96,111)(H,97,121)(H,98,123)(H,99,116)(H,100,117)(H,101,119)(H,102,127)(H,103,122)(H,104,125)(H,105,118)(H,106,124)(H,107,120)(H,108,126)(H,112,113)(H4,83,84,89)(H4,85,86,90)(H4,87,88,91)/t49-,50-,51-,52-,53-,54-,55-,56-,57-,58-,59-,60-,63-,64-/m0/s1. The molecule has 0 fully saturated rings. The van der Waals surface area contributed by atoms with E-state index in [0.29, 0.717) is 32.9 Å². The van der Waals surface area contributed by atoms with Gasteiger partial charge in [-0.2, -0.15) is 37.9 Å². The number of aliphatic hydroxyl groups excluding tert-OH is 2. The lowest BCUT2D eigenvalue weighted by atomic mass is 9.98. The maximum atomic E-state index is 15.3. The lowest BCUT2D eigenvalue weighted by molar-refractivity contribution is -0.138. The number of nitrogens with two attached hydrogens (primary N) is 4. The number of aromatic nitrogens is 2. The number of fused-ring (bicyclic) bond motifs is 2. The minimum absolute atomic E-state index is 0.00893. The number of carboxylic acid groups (broad SMARTS) is 1. The highest BCUT2D eigenvalue weighted by Gasteiger charge is 2.39. The second-order valence-electron chi connectivity index (χ2n) is 32.4. The molecule has 49 heteroatoms. The van der Waals surface area contributed by atoms with E-state index < -0.39 is 235 Å². The van der Waals surface area contributed by atoms with E-state index in [1.165, 1.54) is 0 Å². The van der Waals surface area contributed by atoms with Gasteiger partial charge in [0.15, 0.2) is 17.9 Å². The highest BCUT2D eigenvalue weighted by Crippen LogP contribution is 2.23. The summed E-state index contributed by atoms with van der Waals surface area (Å²) in [4.78, 5) is 229. The first-order chi connectivity index (χ1) is 61.4. The molecule has 2 aromatic heterocycles. The smallest absolute Gasteiger partial charge is 0.322 e. The fraction of sp³-hybridized carbons (Fsp3) is 0.568. The first kappa shape index (κ1) is 110. The Balaban J connectivity index is 1.62. The summed E-state index contributed by atoms with van der Waals surface area (Å²) in [7, 11) is 0. The lowest BCUT2D eigenvalue weighted by Crippen LogP contribution is -2.61. The van der Waals surface area contributed by atoms with Crippen LogP contribution in [0, 0.1) is 39.9 Å². The zero-order valence-electron chi connectivity index (χ0n) is 73.8. The molecule has 0 aliphatic carbocycles. The molecular formula is C81H129N27O19S3. The van der Waals surface area contributed by atoms with Crippen molar-refractivity contribution in [3.63, 3.8) is 0 Å². The monoisotopic (exact) mass is 1880 g/mol. The van der Waals surface area contributed by atoms with Crippen LogP contribution in [0.4, 0.5) is 0 Å². The number of carbonyl (C=O) groups excluding carboxylic acids is 15. The molecule has 4 aromatic rings. The van der Waals surface area contributed by atoms with Crippen LogP contribution in [-0.4, -0.2) is 286 Å². The number of para-hydroxylation sites is 2. The predicted molar refractivity (Wildman–Crippen MR) is 493 cm³/mol. The largest absolute Gasteiger partial charge is 0.480 e. The van der Waals surface area contributed by atoms with E-state index in [1.807, 2.05) is 0 Å². The molecule has 2 aromatic carbocycles. The van der Waals surface area contributed by atoms with Gasteiger partial charge in [-0.05, 0) is 98.3 Å². The van der Waals surface area contributed by atoms with Crippen molar-refractivity contribution in [1.29, 1.82) is 16.2 Å². The van der Waals surface area contributed by atoms with Gasteiger partial charge in [0.05, 0.1) is 25.8 Å². The first-order valence-electron chi connectivity index (χ1n) is 42.3. The van der Waals surface area contributed by atoms with E-state index in [9.17, 15) is 72.5 Å². The second-order valence-corrected chi connectivity index (χ2v) is 33.5. The van der Waals surface area contributed by atoms with Crippen molar-refractivity contribution in [1.82, 2.24) is 106 Å². The lowest BCUT2D eigenvalue weighted by Gasteiger charge is -2.28. The Kier molecular flexibility index (Phi) is 47.7. The average Bonchev–Trinajstić information content (AvgIpc) is 1.66. The van der Waals surface area contributed by atoms with Gasteiger partial charge in [-0.15, -0.1) is 0 Å². The number of rotatable bonds is 58. The number of aliphatic carboxylic acids is 1. The number of benzene rings is 2. The van der Waals surface area contributed by atoms with Crippen molar-refractivity contribution in [2.75, 3.05) is 63.2 Å². The van der Waals surface area contributed by atoms with Crippen LogP contribution >= 0.6 is 37.9 Å². The van der Waals surface area contributed by atoms with Gasteiger partial charge in [-0.3, -0.25) is 92.9 Å². The fourth-order valence-corrected chi connectivity index (χ4v) is 13.9. The van der Waals surface area contributed by atoms with Crippen LogP contribution < -0.4 is 119 Å². The van der Waals surface area contributed by atoms with Crippen molar-refractivity contribution in [2.45, 2.75) is 204 Å². The van der Waals surface area contributed by atoms with E-state index >= 15 is 14.4 Å². The summed E-state index contributed by atoms with van der Waals surface area (Å²) in [6.45, 7) is 9.98. The molecule has 130 heavy (non-hydrogen) atoms. The third-order valence-electron chi connectivity index (χ3n) is 20.2. The van der Waals surface area contributed by atoms with Crippen LogP contribution in [-0.2, 0) is 89.6 Å². The molecule has 46 nitrogen and oxygen atoms in total. The fourth-order valence-electron chi connectivity index (χ4n) is 13.1. The molecule has 0 spiro atoms. The maximum Gasteiger partial charge on any atom is 0.322 e. The van der Waals surface area contributed by atoms with Crippen molar-refractivity contribution in [3.05, 3.63) is 72.1 Å². The summed E-state index contributed by atoms with van der Waals surface area (Å²) in [5, 5.41) is 99.8. The van der Waals surface area contributed by atoms with Gasteiger partial charge >= 0.3 is 5.97 Å². The van der Waals surface area contributed by atoms with Crippen molar-refractivity contribution < 1.29 is 92.0 Å². The molecule has 0 bridgehead atoms. The number of hydrogen-bond donors (Lipinski definition) is 33. The quantitative estimate of drug-likeness (QED) is 0.00846. The van der Waals surface area contributed by atoms with Crippen LogP contribution in [0.15, 0.2) is 60.9 Å². The number of carbonyl (C=O) groups is 16. The van der Waals surface area contributed by atoms with Crippen molar-refractivity contribution in [2.24, 2.45) is 46.6 Å². The topological polar surface area (TPSA) is 758 Å². The minimum atomic E-state index is -1.80. The number of aliphatic hydroxyl groups is 2. The predicted octanol–water partition coefficient (Wildman–Crippen LogP) is -6.65. The number of thiol groups is 3. The van der Waals surface area contributed by atoms with Crippen LogP contribution in [0.5, 0.6) is 0 Å². The van der Waals surface area contributed by atoms with Crippen LogP contribution in [0.1, 0.15) is 118 Å². The van der Waals surface area contributed by atoms with Crippen LogP contribution in [0.3, 0.4) is 0 Å². The van der Waals surface area contributed by atoms with Crippen molar-refractivity contribution >= 4 is 172 Å². The molecule has 0 aliphatic heterocycles. The first-order valence-corrected chi connectivity index (χ1v) is 44.2. The second kappa shape index (κ2) is 56.3. The molecule has 34 N–H and O–H groups in total. The van der Waals surface area contributed by atoms with Gasteiger partial charge in [0.25, 0.3) is 0 Å². The highest BCUT2D eigenvalue weighted by molar-refractivity contribution is 7.80. The normalized spacial score (nSPS) is 14.5. The van der Waals surface area contributed by atoms with E-state index in [1.54, 1.807) is 116 Å². The molecule has 14 atom stereocenters. The number of carboxylic acids is 1. The van der Waals surface area contributed by atoms with Crippen LogP contribution in [0.25, 0.3) is 21.8 Å². The summed E-state index contributed by atoms with van der Waals surface area (Å²) in [6, 6.07) is -6.86. The van der Waals surface area contributed by atoms with Gasteiger partial charge < -0.3 is 144 Å². The summed E-state index contributed by atoms with van der Waals surface area (Å²) >= 11 is 12.6. The number of hydrogen-bond acceptors (Lipinski definition) is 25. The zero-order valence-corrected chi connectivity index (χ0v) is 76.5. The summed E-state index contributed by atoms with van der Waals surface area (Å²) in [6.07, 6.45) is 1.98. The summed E-state index contributed by atoms with van der Waals surface area (Å²) in [5.74, 6) is -19.4. The highest BCUT2D eigenvalue weighted by atomic mass is 32.1. The molecule has 15 amide bonds. The maximum absolute atomic E-state index is 15.3. The number of amides is 15. The molecule has 0 aliphatic rings. The van der Waals surface area contributed by atoms with Gasteiger partial charge in [-0.25, -0.2) is 0 Å². The van der Waals surface area contributed by atoms with Gasteiger partial charge in [-0.1, -0.05) is 91.8 Å². The Labute approximate surface area is 768 Å². The van der Waals surface area contributed by atoms with E-state index in [-0.39, 0.29) is 113 Å². The summed E-state index contributed by atoms with van der Waals surface area (Å²) in [5.41, 5.74) is 24.9. The SMILES string of the molecule is CC(C)C[C@H](NC(=O)[C@H](CCCNC(=N)N)NC(=O)CNC(=O)[C@H](CS)NC(=O)[C@H](CCCNC(=N)N)NC(=O)[C@H](CO)NC(=O)[C@H](CS)NC(=O)[C@H](CC(C)C)NC(=O)[C@@H](NC(=O)[C@@H](N)C(C)C)C(C)C)C(=O)N[C@@H](Cc1c[nH]c2ccccc12)C(=O)N[C@@H](CCCNC(=N)N)C(=O)N[C@@H](Cc1c[nH]c2ccccc12)C(=O)N[C@@H](CO)C(=O)N[C@@H](CS)C(=O)NCC(=O)O. The van der Waals surface area contributed by atoms with E-state index in [4.69, 9.17) is 44.3 Å². The Morgan fingerprint density at radius 3 is 1.01 bits per heavy atom. The Bertz CT molecular complexity index is 4550. The number of guanidine groups is 3. The van der Waals surface area contributed by atoms with E-state index in [0.717, 1.165) is 0 Å². The molecular weight excluding hydrogens is 1750 g/mol. The number of aromatic amines is 2. The van der Waals surface area contributed by atoms with E-state index in [2.05, 4.69) is 144 Å². The molecule has 0 unspecified atom stereocenters. The van der Waals surface area contributed by atoms with Gasteiger partial charge in [0, 0.05) is 83.9 Å². The molecule has 720 valence electrons. The third kappa shape index (κ3) is 37.8. The molecule has 0 radical (unpaired) electrons. The van der Waals surface area contributed by atoms with Gasteiger partial charge in [0.1, 0.15) is 85.1 Å². The van der Waals surface area contributed by atoms with Crippen molar-refractivity contribution in [3.8, 4) is 0 Å². The third-order valence-corrected chi connectivity index (χ3v) is 21.3. The molecule has 0 saturated heterocycles. The van der Waals surface area contributed by atoms with Gasteiger partial charge in [0.2, 0.25) is 88.6 Å².